The zero-order valence-corrected chi connectivity index (χ0v) is 16.8. The average Bonchev–Trinajstić information content (AvgIpc) is 2.75. The summed E-state index contributed by atoms with van der Waals surface area (Å²) in [6.07, 6.45) is 0.751. The first-order valence-corrected chi connectivity index (χ1v) is 10.2. The second-order valence-electron chi connectivity index (χ2n) is 7.85. The highest BCUT2D eigenvalue weighted by atomic mass is 19.1. The van der Waals surface area contributed by atoms with Crippen molar-refractivity contribution >= 4 is 11.6 Å². The molecule has 2 aliphatic heterocycles. The molecule has 2 heterocycles. The average molecular weight is 397 g/mol. The summed E-state index contributed by atoms with van der Waals surface area (Å²) in [6.45, 7) is 4.42. The van der Waals surface area contributed by atoms with Gasteiger partial charge in [0.25, 0.3) is 0 Å². The smallest absolute Gasteiger partial charge is 0.225 e. The van der Waals surface area contributed by atoms with Crippen molar-refractivity contribution in [3.05, 3.63) is 65.5 Å². The third-order valence-corrected chi connectivity index (χ3v) is 5.97. The Morgan fingerprint density at radius 1 is 1.17 bits per heavy atom. The molecule has 0 aromatic heterocycles. The number of nitrogens with one attached hydrogen (secondary N) is 1. The fraction of sp³-hybridized carbons (Fsp3) is 0.435. The van der Waals surface area contributed by atoms with E-state index in [1.807, 2.05) is 18.2 Å². The van der Waals surface area contributed by atoms with Crippen molar-refractivity contribution < 1.29 is 13.9 Å². The highest BCUT2D eigenvalue weighted by molar-refractivity contribution is 5.82. The summed E-state index contributed by atoms with van der Waals surface area (Å²) in [7, 11) is 1.64. The van der Waals surface area contributed by atoms with Gasteiger partial charge in [-0.25, -0.2) is 4.39 Å². The van der Waals surface area contributed by atoms with Crippen LogP contribution in [-0.2, 0) is 22.5 Å². The van der Waals surface area contributed by atoms with Crippen LogP contribution in [-0.4, -0.2) is 56.7 Å². The lowest BCUT2D eigenvalue weighted by Gasteiger charge is -2.49. The minimum atomic E-state index is -0.213. The van der Waals surface area contributed by atoms with Crippen LogP contribution in [0, 0.1) is 11.7 Å². The number of amides is 1. The van der Waals surface area contributed by atoms with E-state index in [1.54, 1.807) is 7.11 Å². The molecule has 0 spiro atoms. The molecule has 1 fully saturated rings. The van der Waals surface area contributed by atoms with Crippen molar-refractivity contribution in [3.8, 4) is 0 Å². The Bertz CT molecular complexity index is 842. The number of piperazine rings is 1. The molecule has 154 valence electrons. The lowest BCUT2D eigenvalue weighted by atomic mass is 9.83. The molecule has 0 radical (unpaired) electrons. The molecule has 0 bridgehead atoms. The second-order valence-corrected chi connectivity index (χ2v) is 7.85. The van der Waals surface area contributed by atoms with Gasteiger partial charge in [-0.2, -0.15) is 0 Å². The number of nitrogens with zero attached hydrogens (tertiary/aromatic N) is 2. The Kier molecular flexibility index (Phi) is 6.11. The number of ether oxygens (including phenoxy) is 1. The van der Waals surface area contributed by atoms with Crippen molar-refractivity contribution in [2.75, 3.05) is 44.8 Å². The van der Waals surface area contributed by atoms with E-state index < -0.39 is 0 Å². The molecule has 0 saturated carbocycles. The van der Waals surface area contributed by atoms with Crippen molar-refractivity contribution in [1.29, 1.82) is 0 Å². The van der Waals surface area contributed by atoms with Gasteiger partial charge in [-0.1, -0.05) is 30.3 Å². The van der Waals surface area contributed by atoms with Crippen molar-refractivity contribution in [2.24, 2.45) is 5.92 Å². The zero-order chi connectivity index (χ0) is 20.2. The van der Waals surface area contributed by atoms with Crippen molar-refractivity contribution in [1.82, 2.24) is 10.2 Å². The van der Waals surface area contributed by atoms with Gasteiger partial charge >= 0.3 is 0 Å². The van der Waals surface area contributed by atoms with E-state index in [0.717, 1.165) is 38.2 Å². The van der Waals surface area contributed by atoms with Crippen LogP contribution >= 0.6 is 0 Å². The topological polar surface area (TPSA) is 44.8 Å². The second kappa shape index (κ2) is 8.93. The van der Waals surface area contributed by atoms with Crippen LogP contribution in [0.2, 0.25) is 0 Å². The quantitative estimate of drug-likeness (QED) is 0.761. The molecule has 2 aromatic carbocycles. The number of anilines is 1. The van der Waals surface area contributed by atoms with Gasteiger partial charge in [-0.05, 0) is 35.7 Å². The number of fused-ring (bicyclic) bond motifs is 3. The number of halogens is 1. The van der Waals surface area contributed by atoms with E-state index in [0.29, 0.717) is 13.2 Å². The first-order chi connectivity index (χ1) is 14.2. The van der Waals surface area contributed by atoms with Gasteiger partial charge in [0.1, 0.15) is 5.82 Å². The summed E-state index contributed by atoms with van der Waals surface area (Å²) in [5.41, 5.74) is 3.58. The molecule has 1 saturated heterocycles. The predicted octanol–water partition coefficient (Wildman–Crippen LogP) is 2.45. The SMILES string of the molecule is COCCNC(=O)C1Cc2ccccc2N2CCN(Cc3ccc(F)cc3)CC12. The molecule has 1 N–H and O–H groups in total. The van der Waals surface area contributed by atoms with Crippen LogP contribution in [0.15, 0.2) is 48.5 Å². The normalized spacial score (nSPS) is 21.4. The van der Waals surface area contributed by atoms with Crippen molar-refractivity contribution in [2.45, 2.75) is 19.0 Å². The lowest BCUT2D eigenvalue weighted by molar-refractivity contribution is -0.126. The molecule has 4 rings (SSSR count). The van der Waals surface area contributed by atoms with Gasteiger partial charge in [0.2, 0.25) is 5.91 Å². The Hall–Kier alpha value is -2.44. The lowest BCUT2D eigenvalue weighted by Crippen LogP contribution is -2.61. The Labute approximate surface area is 171 Å². The number of carbonyl (C=O) groups is 1. The molecular formula is C23H28FN3O2. The predicted molar refractivity (Wildman–Crippen MR) is 111 cm³/mol. The molecule has 6 heteroatoms. The first kappa shape index (κ1) is 19.9. The molecule has 29 heavy (non-hydrogen) atoms. The monoisotopic (exact) mass is 397 g/mol. The van der Waals surface area contributed by atoms with E-state index >= 15 is 0 Å². The fourth-order valence-corrected chi connectivity index (χ4v) is 4.52. The molecule has 2 atom stereocenters. The third-order valence-electron chi connectivity index (χ3n) is 5.97. The van der Waals surface area contributed by atoms with Gasteiger partial charge in [0.05, 0.1) is 18.6 Å². The fourth-order valence-electron chi connectivity index (χ4n) is 4.52. The van der Waals surface area contributed by atoms with Crippen LogP contribution in [0.4, 0.5) is 10.1 Å². The molecule has 1 amide bonds. The maximum absolute atomic E-state index is 13.2. The summed E-state index contributed by atoms with van der Waals surface area (Å²) < 4.78 is 18.3. The number of para-hydroxylation sites is 1. The summed E-state index contributed by atoms with van der Waals surface area (Å²) in [5.74, 6) is -0.219. The Balaban J connectivity index is 1.52. The Morgan fingerprint density at radius 3 is 2.76 bits per heavy atom. The van der Waals surface area contributed by atoms with Crippen LogP contribution in [0.25, 0.3) is 0 Å². The summed E-state index contributed by atoms with van der Waals surface area (Å²) in [6, 6.07) is 15.2. The van der Waals surface area contributed by atoms with E-state index in [1.165, 1.54) is 23.4 Å². The molecule has 0 aliphatic carbocycles. The summed E-state index contributed by atoms with van der Waals surface area (Å²) in [4.78, 5) is 17.8. The van der Waals surface area contributed by atoms with Gasteiger partial charge in [-0.3, -0.25) is 9.69 Å². The minimum absolute atomic E-state index is 0.0928. The van der Waals surface area contributed by atoms with Gasteiger partial charge in [0, 0.05) is 45.5 Å². The van der Waals surface area contributed by atoms with E-state index in [2.05, 4.69) is 33.3 Å². The number of rotatable bonds is 6. The standard InChI is InChI=1S/C23H28FN3O2/c1-29-13-10-25-23(28)20-14-18-4-2-3-5-21(18)27-12-11-26(16-22(20)27)15-17-6-8-19(24)9-7-17/h2-9,20,22H,10-16H2,1H3,(H,25,28). The van der Waals surface area contributed by atoms with Crippen LogP contribution in [0.5, 0.6) is 0 Å². The number of carbonyl (C=O) groups excluding carboxylic acids is 1. The highest BCUT2D eigenvalue weighted by Crippen LogP contribution is 2.36. The van der Waals surface area contributed by atoms with Crippen LogP contribution in [0.3, 0.4) is 0 Å². The number of hydrogen-bond donors (Lipinski definition) is 1. The number of benzene rings is 2. The number of hydrogen-bond acceptors (Lipinski definition) is 4. The Morgan fingerprint density at radius 2 is 1.97 bits per heavy atom. The van der Waals surface area contributed by atoms with E-state index in [9.17, 15) is 9.18 Å². The third kappa shape index (κ3) is 4.43. The first-order valence-electron chi connectivity index (χ1n) is 10.2. The van der Waals surface area contributed by atoms with Crippen molar-refractivity contribution in [3.63, 3.8) is 0 Å². The zero-order valence-electron chi connectivity index (χ0n) is 16.8. The maximum Gasteiger partial charge on any atom is 0.225 e. The molecule has 2 unspecified atom stereocenters. The van der Waals surface area contributed by atoms with E-state index in [4.69, 9.17) is 4.74 Å². The molecule has 5 nitrogen and oxygen atoms in total. The highest BCUT2D eigenvalue weighted by Gasteiger charge is 2.41. The van der Waals surface area contributed by atoms with Gasteiger partial charge in [0.15, 0.2) is 0 Å². The van der Waals surface area contributed by atoms with Crippen LogP contribution < -0.4 is 10.2 Å². The summed E-state index contributed by atoms with van der Waals surface area (Å²) >= 11 is 0. The molecule has 2 aromatic rings. The largest absolute Gasteiger partial charge is 0.383 e. The maximum atomic E-state index is 13.2. The molecular weight excluding hydrogens is 369 g/mol. The minimum Gasteiger partial charge on any atom is -0.383 e. The number of methoxy groups -OCH3 is 1. The van der Waals surface area contributed by atoms with Gasteiger partial charge < -0.3 is 15.0 Å². The van der Waals surface area contributed by atoms with E-state index in [-0.39, 0.29) is 23.7 Å². The van der Waals surface area contributed by atoms with Crippen LogP contribution in [0.1, 0.15) is 11.1 Å². The van der Waals surface area contributed by atoms with Gasteiger partial charge in [-0.15, -0.1) is 0 Å². The summed E-state index contributed by atoms with van der Waals surface area (Å²) in [5, 5.41) is 3.04. The molecule has 2 aliphatic rings.